The summed E-state index contributed by atoms with van der Waals surface area (Å²) in [5, 5.41) is 16.4. The topological polar surface area (TPSA) is 105 Å². The van der Waals surface area contributed by atoms with Crippen LogP contribution in [0.4, 0.5) is 26.1 Å². The smallest absolute Gasteiger partial charge is 0.191 e. The molecule has 184 valence electrons. The third-order valence-corrected chi connectivity index (χ3v) is 5.82. The number of nitrogens with two attached hydrogens (primary N) is 1. The summed E-state index contributed by atoms with van der Waals surface area (Å²) in [5.41, 5.74) is 6.84. The number of nitrogens with one attached hydrogen (secondary N) is 2. The van der Waals surface area contributed by atoms with Crippen LogP contribution in [-0.4, -0.2) is 52.7 Å². The van der Waals surface area contributed by atoms with Crippen molar-refractivity contribution in [3.63, 3.8) is 0 Å². The summed E-state index contributed by atoms with van der Waals surface area (Å²) in [6, 6.07) is 5.53. The SMILES string of the molecule is CCCSc1nc(NCCC(CC)OCCO)c(N)c(NC2CC2)n1.Fc1ccccc1F. The summed E-state index contributed by atoms with van der Waals surface area (Å²) >= 11 is 1.65. The van der Waals surface area contributed by atoms with Crippen LogP contribution < -0.4 is 16.4 Å². The summed E-state index contributed by atoms with van der Waals surface area (Å²) in [4.78, 5) is 9.15. The zero-order chi connectivity index (χ0) is 24.1. The molecule has 1 atom stereocenters. The molecule has 1 heterocycles. The van der Waals surface area contributed by atoms with Gasteiger partial charge in [-0.15, -0.1) is 0 Å². The predicted octanol–water partition coefficient (Wildman–Crippen LogP) is 4.69. The fraction of sp³-hybridized carbons (Fsp3) is 0.565. The maximum Gasteiger partial charge on any atom is 0.191 e. The van der Waals surface area contributed by atoms with Crippen LogP contribution in [0.25, 0.3) is 0 Å². The Balaban J connectivity index is 0.000000405. The highest BCUT2D eigenvalue weighted by Gasteiger charge is 2.24. The molecule has 0 radical (unpaired) electrons. The van der Waals surface area contributed by atoms with E-state index in [0.29, 0.717) is 30.7 Å². The fourth-order valence-corrected chi connectivity index (χ4v) is 3.49. The molecule has 2 aromatic rings. The van der Waals surface area contributed by atoms with Crippen molar-refractivity contribution in [2.45, 2.75) is 63.3 Å². The van der Waals surface area contributed by atoms with Gasteiger partial charge in [-0.3, -0.25) is 0 Å². The lowest BCUT2D eigenvalue weighted by Crippen LogP contribution is -2.19. The van der Waals surface area contributed by atoms with E-state index in [0.717, 1.165) is 48.1 Å². The molecule has 10 heteroatoms. The van der Waals surface area contributed by atoms with Gasteiger partial charge in [0.2, 0.25) is 0 Å². The van der Waals surface area contributed by atoms with E-state index in [-0.39, 0.29) is 12.7 Å². The van der Waals surface area contributed by atoms with E-state index in [1.165, 1.54) is 25.0 Å². The number of aliphatic hydroxyl groups is 1. The van der Waals surface area contributed by atoms with Gasteiger partial charge in [0.1, 0.15) is 5.69 Å². The number of hydrogen-bond acceptors (Lipinski definition) is 8. The highest BCUT2D eigenvalue weighted by Crippen LogP contribution is 2.32. The molecule has 0 saturated heterocycles. The van der Waals surface area contributed by atoms with Crippen molar-refractivity contribution in [2.75, 3.05) is 41.9 Å². The molecule has 0 amide bonds. The Morgan fingerprint density at radius 2 is 1.85 bits per heavy atom. The molecule has 1 fully saturated rings. The molecule has 1 aliphatic carbocycles. The molecule has 3 rings (SSSR count). The second-order valence-electron chi connectivity index (χ2n) is 7.64. The fourth-order valence-electron chi connectivity index (χ4n) is 2.79. The van der Waals surface area contributed by atoms with Gasteiger partial charge in [0.25, 0.3) is 0 Å². The Hall–Kier alpha value is -2.17. The Labute approximate surface area is 198 Å². The Bertz CT molecular complexity index is 821. The largest absolute Gasteiger partial charge is 0.394 e. The van der Waals surface area contributed by atoms with Crippen LogP contribution >= 0.6 is 11.8 Å². The number of halogens is 2. The summed E-state index contributed by atoms with van der Waals surface area (Å²) in [6.07, 6.45) is 5.29. The van der Waals surface area contributed by atoms with Crippen LogP contribution in [0.1, 0.15) is 46.0 Å². The molecule has 0 bridgehead atoms. The van der Waals surface area contributed by atoms with E-state index in [1.54, 1.807) is 11.8 Å². The number of benzene rings is 1. The van der Waals surface area contributed by atoms with Crippen molar-refractivity contribution in [3.8, 4) is 0 Å². The van der Waals surface area contributed by atoms with Gasteiger partial charge in [-0.25, -0.2) is 18.7 Å². The van der Waals surface area contributed by atoms with Crippen LogP contribution in [-0.2, 0) is 4.74 Å². The number of nitrogens with zero attached hydrogens (tertiary/aromatic N) is 2. The number of aliphatic hydroxyl groups excluding tert-OH is 1. The lowest BCUT2D eigenvalue weighted by molar-refractivity contribution is 0.0241. The first-order valence-electron chi connectivity index (χ1n) is 11.4. The van der Waals surface area contributed by atoms with Gasteiger partial charge in [-0.1, -0.05) is 37.7 Å². The summed E-state index contributed by atoms with van der Waals surface area (Å²) in [7, 11) is 0. The van der Waals surface area contributed by atoms with Gasteiger partial charge in [-0.05, 0) is 44.2 Å². The molecule has 1 unspecified atom stereocenters. The van der Waals surface area contributed by atoms with Crippen LogP contribution in [0.5, 0.6) is 0 Å². The second kappa shape index (κ2) is 14.9. The molecule has 7 nitrogen and oxygen atoms in total. The van der Waals surface area contributed by atoms with Gasteiger partial charge in [-0.2, -0.15) is 0 Å². The Morgan fingerprint density at radius 3 is 2.39 bits per heavy atom. The van der Waals surface area contributed by atoms with Crippen molar-refractivity contribution in [2.24, 2.45) is 0 Å². The number of hydrogen-bond donors (Lipinski definition) is 4. The molecule has 33 heavy (non-hydrogen) atoms. The van der Waals surface area contributed by atoms with Crippen molar-refractivity contribution < 1.29 is 18.6 Å². The lowest BCUT2D eigenvalue weighted by atomic mass is 10.2. The Morgan fingerprint density at radius 1 is 1.18 bits per heavy atom. The van der Waals surface area contributed by atoms with Crippen molar-refractivity contribution in [1.29, 1.82) is 0 Å². The normalized spacial score (nSPS) is 13.7. The standard InChI is InChI=1S/C17H31N5O2S.C6H4F2/c1-3-11-25-17-21-15(14(18)16(22-17)20-12-5-6-12)19-8-7-13(4-2)24-10-9-23;7-5-3-1-2-4-6(5)8/h12-13,23H,3-11,18H2,1-2H3,(H2,19,20,21,22);1-4H. The molecule has 1 aromatic carbocycles. The first-order chi connectivity index (χ1) is 16.0. The molecular weight excluding hydrogens is 448 g/mol. The number of aromatic nitrogens is 2. The average Bonchev–Trinajstić information content (AvgIpc) is 3.63. The first kappa shape index (κ1) is 27.1. The second-order valence-corrected chi connectivity index (χ2v) is 8.70. The zero-order valence-electron chi connectivity index (χ0n) is 19.3. The maximum absolute atomic E-state index is 11.9. The first-order valence-corrected chi connectivity index (χ1v) is 12.4. The van der Waals surface area contributed by atoms with Gasteiger partial charge in [0, 0.05) is 18.3 Å². The number of anilines is 3. The highest BCUT2D eigenvalue weighted by molar-refractivity contribution is 7.99. The minimum Gasteiger partial charge on any atom is -0.394 e. The minimum atomic E-state index is -0.799. The molecule has 0 spiro atoms. The summed E-state index contributed by atoms with van der Waals surface area (Å²) in [5.74, 6) is 0.815. The van der Waals surface area contributed by atoms with Crippen LogP contribution in [0, 0.1) is 11.6 Å². The highest BCUT2D eigenvalue weighted by atomic mass is 32.2. The van der Waals surface area contributed by atoms with Gasteiger partial charge in [0.15, 0.2) is 28.4 Å². The van der Waals surface area contributed by atoms with Gasteiger partial charge >= 0.3 is 0 Å². The van der Waals surface area contributed by atoms with E-state index >= 15 is 0 Å². The molecule has 5 N–H and O–H groups in total. The van der Waals surface area contributed by atoms with E-state index in [1.807, 2.05) is 0 Å². The number of thioether (sulfide) groups is 1. The molecule has 1 aromatic heterocycles. The lowest BCUT2D eigenvalue weighted by Gasteiger charge is -2.17. The van der Waals surface area contributed by atoms with Gasteiger partial charge in [0.05, 0.1) is 19.3 Å². The zero-order valence-corrected chi connectivity index (χ0v) is 20.1. The average molecular weight is 484 g/mol. The maximum atomic E-state index is 11.9. The number of ether oxygens (including phenoxy) is 1. The molecular formula is C23H35F2N5O2S. The van der Waals surface area contributed by atoms with Crippen LogP contribution in [0.15, 0.2) is 29.4 Å². The summed E-state index contributed by atoms with van der Waals surface area (Å²) in [6.45, 7) is 5.37. The van der Waals surface area contributed by atoms with E-state index in [4.69, 9.17) is 15.6 Å². The predicted molar refractivity (Wildman–Crippen MR) is 131 cm³/mol. The third kappa shape index (κ3) is 10.1. The van der Waals surface area contributed by atoms with Crippen molar-refractivity contribution >= 4 is 29.1 Å². The van der Waals surface area contributed by atoms with Gasteiger partial charge < -0.3 is 26.2 Å². The molecule has 1 saturated carbocycles. The third-order valence-electron chi connectivity index (χ3n) is 4.76. The van der Waals surface area contributed by atoms with E-state index in [9.17, 15) is 8.78 Å². The van der Waals surface area contributed by atoms with Crippen molar-refractivity contribution in [3.05, 3.63) is 35.9 Å². The van der Waals surface area contributed by atoms with E-state index < -0.39 is 11.6 Å². The van der Waals surface area contributed by atoms with E-state index in [2.05, 4.69) is 34.4 Å². The number of nitrogen functional groups attached to an aromatic ring is 1. The molecule has 1 aliphatic rings. The summed E-state index contributed by atoms with van der Waals surface area (Å²) < 4.78 is 29.5. The monoisotopic (exact) mass is 483 g/mol. The van der Waals surface area contributed by atoms with Crippen LogP contribution in [0.2, 0.25) is 0 Å². The molecule has 0 aliphatic heterocycles. The number of rotatable bonds is 13. The Kier molecular flexibility index (Phi) is 12.2. The van der Waals surface area contributed by atoms with Crippen molar-refractivity contribution in [1.82, 2.24) is 9.97 Å². The van der Waals surface area contributed by atoms with Crippen LogP contribution in [0.3, 0.4) is 0 Å². The minimum absolute atomic E-state index is 0.0526. The quantitative estimate of drug-likeness (QED) is 0.240.